The number of hydrogen-bond acceptors (Lipinski definition) is 3. The number of aromatic nitrogens is 1. The number of nitrogens with two attached hydrogens (primary N) is 1. The number of primary amides is 1. The average Bonchev–Trinajstić information content (AvgIpc) is 2.46. The summed E-state index contributed by atoms with van der Waals surface area (Å²) in [5.74, 6) is 0.576. The van der Waals surface area contributed by atoms with Gasteiger partial charge in [0.15, 0.2) is 0 Å². The Balaban J connectivity index is 1.75. The van der Waals surface area contributed by atoms with Crippen molar-refractivity contribution < 1.29 is 4.79 Å². The van der Waals surface area contributed by atoms with Crippen LogP contribution in [0.2, 0.25) is 0 Å². The molecule has 1 unspecified atom stereocenters. The number of hydrogen-bond donors (Lipinski definition) is 1. The van der Waals surface area contributed by atoms with Crippen molar-refractivity contribution in [3.05, 3.63) is 24.5 Å². The molecule has 2 heterocycles. The van der Waals surface area contributed by atoms with Gasteiger partial charge in [-0.15, -0.1) is 0 Å². The summed E-state index contributed by atoms with van der Waals surface area (Å²) >= 11 is 0. The average molecular weight is 261 g/mol. The first-order valence-corrected chi connectivity index (χ1v) is 7.11. The van der Waals surface area contributed by atoms with Gasteiger partial charge in [0.05, 0.1) is 0 Å². The van der Waals surface area contributed by atoms with Crippen LogP contribution in [-0.2, 0) is 4.79 Å². The molecule has 0 spiro atoms. The van der Waals surface area contributed by atoms with Crippen LogP contribution < -0.4 is 10.6 Å². The van der Waals surface area contributed by atoms with Gasteiger partial charge in [-0.2, -0.15) is 0 Å². The third-order valence-corrected chi connectivity index (χ3v) is 4.14. The molecule has 4 nitrogen and oxygen atoms in total. The second-order valence-corrected chi connectivity index (χ2v) is 5.52. The smallest absolute Gasteiger partial charge is 0.220 e. The lowest BCUT2D eigenvalue weighted by Crippen LogP contribution is -2.34. The summed E-state index contributed by atoms with van der Waals surface area (Å²) in [6.45, 7) is 4.12. The van der Waals surface area contributed by atoms with E-state index in [1.807, 2.05) is 19.3 Å². The second-order valence-electron chi connectivity index (χ2n) is 5.52. The molecule has 1 aliphatic rings. The fraction of sp³-hybridized carbons (Fsp3) is 0.600. The maximum absolute atomic E-state index is 11.0. The predicted molar refractivity (Wildman–Crippen MR) is 76.8 cm³/mol. The molecule has 19 heavy (non-hydrogen) atoms. The van der Waals surface area contributed by atoms with Crippen LogP contribution in [0.5, 0.6) is 0 Å². The number of amides is 1. The Bertz CT molecular complexity index is 399. The Morgan fingerprint density at radius 3 is 2.63 bits per heavy atom. The Hall–Kier alpha value is -1.58. The van der Waals surface area contributed by atoms with E-state index in [1.54, 1.807) is 0 Å². The van der Waals surface area contributed by atoms with Crippen LogP contribution in [0.15, 0.2) is 24.5 Å². The largest absolute Gasteiger partial charge is 0.371 e. The molecule has 0 aliphatic carbocycles. The number of pyridine rings is 1. The lowest BCUT2D eigenvalue weighted by molar-refractivity contribution is -0.121. The van der Waals surface area contributed by atoms with Gasteiger partial charge in [0, 0.05) is 37.1 Å². The molecular formula is C15H23N3O. The lowest BCUT2D eigenvalue weighted by atomic mass is 9.89. The molecular weight excluding hydrogens is 238 g/mol. The number of nitrogens with zero attached hydrogens (tertiary/aromatic N) is 2. The van der Waals surface area contributed by atoms with Crippen molar-refractivity contribution in [1.29, 1.82) is 0 Å². The highest BCUT2D eigenvalue weighted by molar-refractivity contribution is 5.76. The Kier molecular flexibility index (Phi) is 4.77. The number of carbonyl (C=O) groups excluding carboxylic acids is 1. The van der Waals surface area contributed by atoms with Crippen molar-refractivity contribution in [2.75, 3.05) is 18.0 Å². The first-order chi connectivity index (χ1) is 9.16. The summed E-state index contributed by atoms with van der Waals surface area (Å²) in [6, 6.07) is 4.13. The van der Waals surface area contributed by atoms with Crippen molar-refractivity contribution >= 4 is 11.6 Å². The minimum Gasteiger partial charge on any atom is -0.371 e. The van der Waals surface area contributed by atoms with E-state index in [4.69, 9.17) is 5.73 Å². The highest BCUT2D eigenvalue weighted by atomic mass is 16.1. The van der Waals surface area contributed by atoms with Crippen LogP contribution >= 0.6 is 0 Å². The van der Waals surface area contributed by atoms with Crippen LogP contribution in [0.25, 0.3) is 0 Å². The molecule has 4 heteroatoms. The van der Waals surface area contributed by atoms with Gasteiger partial charge >= 0.3 is 0 Å². The molecule has 1 amide bonds. The minimum atomic E-state index is -0.172. The molecule has 1 aromatic heterocycles. The highest BCUT2D eigenvalue weighted by Crippen LogP contribution is 2.26. The molecule has 1 fully saturated rings. The van der Waals surface area contributed by atoms with Gasteiger partial charge in [-0.1, -0.05) is 6.92 Å². The van der Waals surface area contributed by atoms with E-state index in [-0.39, 0.29) is 11.8 Å². The molecule has 1 aromatic rings. The van der Waals surface area contributed by atoms with Gasteiger partial charge in [-0.3, -0.25) is 9.78 Å². The van der Waals surface area contributed by atoms with E-state index < -0.39 is 0 Å². The summed E-state index contributed by atoms with van der Waals surface area (Å²) in [5.41, 5.74) is 6.56. The van der Waals surface area contributed by atoms with E-state index in [2.05, 4.69) is 22.0 Å². The normalized spacial score (nSPS) is 18.3. The quantitative estimate of drug-likeness (QED) is 0.884. The van der Waals surface area contributed by atoms with Gasteiger partial charge in [0.1, 0.15) is 0 Å². The monoisotopic (exact) mass is 261 g/mol. The van der Waals surface area contributed by atoms with Gasteiger partial charge in [-0.05, 0) is 43.7 Å². The van der Waals surface area contributed by atoms with Crippen molar-refractivity contribution in [3.63, 3.8) is 0 Å². The van der Waals surface area contributed by atoms with Crippen LogP contribution in [-0.4, -0.2) is 24.0 Å². The zero-order valence-electron chi connectivity index (χ0n) is 11.6. The van der Waals surface area contributed by atoms with E-state index in [1.165, 1.54) is 18.5 Å². The Morgan fingerprint density at radius 1 is 1.42 bits per heavy atom. The van der Waals surface area contributed by atoms with Crippen LogP contribution in [0.1, 0.15) is 32.6 Å². The minimum absolute atomic E-state index is 0.0122. The molecule has 1 atom stereocenters. The molecule has 1 saturated heterocycles. The van der Waals surface area contributed by atoms with Gasteiger partial charge in [0.25, 0.3) is 0 Å². The number of anilines is 1. The number of rotatable bonds is 5. The van der Waals surface area contributed by atoms with Crippen molar-refractivity contribution in [1.82, 2.24) is 4.98 Å². The summed E-state index contributed by atoms with van der Waals surface area (Å²) in [7, 11) is 0. The Labute approximate surface area is 115 Å². The summed E-state index contributed by atoms with van der Waals surface area (Å²) in [4.78, 5) is 17.5. The lowest BCUT2D eigenvalue weighted by Gasteiger charge is -2.33. The maximum atomic E-state index is 11.0. The molecule has 0 radical (unpaired) electrons. The SMILES string of the molecule is CC(CCC1CCN(c2ccncc2)CC1)C(N)=O. The summed E-state index contributed by atoms with van der Waals surface area (Å²) in [5, 5.41) is 0. The third kappa shape index (κ3) is 3.94. The second kappa shape index (κ2) is 6.55. The summed E-state index contributed by atoms with van der Waals surface area (Å²) < 4.78 is 0. The van der Waals surface area contributed by atoms with E-state index in [0.29, 0.717) is 0 Å². The standard InChI is InChI=1S/C15H23N3O/c1-12(15(16)19)2-3-13-6-10-18(11-7-13)14-4-8-17-9-5-14/h4-5,8-9,12-13H,2-3,6-7,10-11H2,1H3,(H2,16,19). The summed E-state index contributed by atoms with van der Waals surface area (Å²) in [6.07, 6.45) is 8.14. The van der Waals surface area contributed by atoms with Crippen molar-refractivity contribution in [2.24, 2.45) is 17.6 Å². The van der Waals surface area contributed by atoms with Crippen LogP contribution in [0.4, 0.5) is 5.69 Å². The topological polar surface area (TPSA) is 59.2 Å². The maximum Gasteiger partial charge on any atom is 0.220 e. The molecule has 0 saturated carbocycles. The third-order valence-electron chi connectivity index (χ3n) is 4.14. The van der Waals surface area contributed by atoms with Crippen LogP contribution in [0, 0.1) is 11.8 Å². The zero-order chi connectivity index (χ0) is 13.7. The predicted octanol–water partition coefficient (Wildman–Crippen LogP) is 2.20. The fourth-order valence-electron chi connectivity index (χ4n) is 2.66. The van der Waals surface area contributed by atoms with E-state index >= 15 is 0 Å². The van der Waals surface area contributed by atoms with Crippen molar-refractivity contribution in [3.8, 4) is 0 Å². The molecule has 1 aliphatic heterocycles. The Morgan fingerprint density at radius 2 is 2.05 bits per heavy atom. The van der Waals surface area contributed by atoms with Gasteiger partial charge < -0.3 is 10.6 Å². The molecule has 2 N–H and O–H groups in total. The zero-order valence-corrected chi connectivity index (χ0v) is 11.6. The van der Waals surface area contributed by atoms with E-state index in [0.717, 1.165) is 31.8 Å². The number of carbonyl (C=O) groups is 1. The van der Waals surface area contributed by atoms with E-state index in [9.17, 15) is 4.79 Å². The van der Waals surface area contributed by atoms with Crippen LogP contribution in [0.3, 0.4) is 0 Å². The van der Waals surface area contributed by atoms with Gasteiger partial charge in [-0.25, -0.2) is 0 Å². The first-order valence-electron chi connectivity index (χ1n) is 7.11. The molecule has 0 aromatic carbocycles. The van der Waals surface area contributed by atoms with Gasteiger partial charge in [0.2, 0.25) is 5.91 Å². The fourth-order valence-corrected chi connectivity index (χ4v) is 2.66. The molecule has 0 bridgehead atoms. The molecule has 104 valence electrons. The first kappa shape index (κ1) is 13.8. The highest BCUT2D eigenvalue weighted by Gasteiger charge is 2.20. The van der Waals surface area contributed by atoms with Crippen molar-refractivity contribution in [2.45, 2.75) is 32.6 Å². The number of piperidine rings is 1. The molecule has 2 rings (SSSR count).